The molecule has 0 unspecified atom stereocenters. The monoisotopic (exact) mass is 225 g/mol. The Morgan fingerprint density at radius 1 is 1.38 bits per heavy atom. The van der Waals surface area contributed by atoms with E-state index in [1.54, 1.807) is 6.07 Å². The predicted molar refractivity (Wildman–Crippen MR) is 62.8 cm³/mol. The van der Waals surface area contributed by atoms with Crippen molar-refractivity contribution in [1.82, 2.24) is 9.97 Å². The number of anilines is 1. The van der Waals surface area contributed by atoms with Crippen molar-refractivity contribution in [2.24, 2.45) is 0 Å². The summed E-state index contributed by atoms with van der Waals surface area (Å²) >= 11 is 0. The van der Waals surface area contributed by atoms with Crippen molar-refractivity contribution in [3.8, 4) is 5.88 Å². The molecule has 0 spiro atoms. The van der Waals surface area contributed by atoms with E-state index in [1.165, 1.54) is 6.33 Å². The second kappa shape index (κ2) is 7.00. The summed E-state index contributed by atoms with van der Waals surface area (Å²) in [5.41, 5.74) is 0. The average molecular weight is 225 g/mol. The first-order valence-corrected chi connectivity index (χ1v) is 5.52. The van der Waals surface area contributed by atoms with Gasteiger partial charge >= 0.3 is 0 Å². The highest BCUT2D eigenvalue weighted by atomic mass is 16.5. The molecule has 1 heterocycles. The molecule has 0 aromatic carbocycles. The fraction of sp³-hybridized carbons (Fsp3) is 0.636. The van der Waals surface area contributed by atoms with Crippen LogP contribution in [0.4, 0.5) is 5.82 Å². The van der Waals surface area contributed by atoms with Gasteiger partial charge in [0.25, 0.3) is 0 Å². The van der Waals surface area contributed by atoms with Crippen LogP contribution in [0.3, 0.4) is 0 Å². The van der Waals surface area contributed by atoms with Crippen LogP contribution >= 0.6 is 0 Å². The SMILES string of the molecule is CCOc1cc(NCCOC(C)C)ncn1. The van der Waals surface area contributed by atoms with Gasteiger partial charge in [-0.2, -0.15) is 0 Å². The highest BCUT2D eigenvalue weighted by molar-refractivity contribution is 5.36. The zero-order chi connectivity index (χ0) is 11.8. The van der Waals surface area contributed by atoms with Gasteiger partial charge in [0.05, 0.1) is 19.3 Å². The number of nitrogens with zero attached hydrogens (tertiary/aromatic N) is 2. The average Bonchev–Trinajstić information content (AvgIpc) is 2.25. The van der Waals surface area contributed by atoms with Crippen molar-refractivity contribution >= 4 is 5.82 Å². The third kappa shape index (κ3) is 4.93. The van der Waals surface area contributed by atoms with Crippen LogP contribution in [-0.2, 0) is 4.74 Å². The summed E-state index contributed by atoms with van der Waals surface area (Å²) in [6.45, 7) is 7.93. The summed E-state index contributed by atoms with van der Waals surface area (Å²) in [6, 6.07) is 1.78. The molecule has 0 fully saturated rings. The maximum absolute atomic E-state index is 5.40. The Morgan fingerprint density at radius 2 is 2.19 bits per heavy atom. The maximum Gasteiger partial charge on any atom is 0.218 e. The molecule has 1 N–H and O–H groups in total. The van der Waals surface area contributed by atoms with Crippen LogP contribution in [0.5, 0.6) is 5.88 Å². The van der Waals surface area contributed by atoms with Crippen molar-refractivity contribution in [3.05, 3.63) is 12.4 Å². The Labute approximate surface area is 96.2 Å². The lowest BCUT2D eigenvalue weighted by atomic mass is 10.5. The fourth-order valence-electron chi connectivity index (χ4n) is 1.14. The Balaban J connectivity index is 2.33. The standard InChI is InChI=1S/C11H19N3O2/c1-4-15-11-7-10(13-8-14-11)12-5-6-16-9(2)3/h7-9H,4-6H2,1-3H3,(H,12,13,14). The number of nitrogens with one attached hydrogen (secondary N) is 1. The third-order valence-electron chi connectivity index (χ3n) is 1.79. The van der Waals surface area contributed by atoms with E-state index < -0.39 is 0 Å². The van der Waals surface area contributed by atoms with Crippen LogP contribution in [0.25, 0.3) is 0 Å². The molecule has 0 bridgehead atoms. The minimum atomic E-state index is 0.256. The molecule has 0 aliphatic heterocycles. The Bertz CT molecular complexity index is 305. The quantitative estimate of drug-likeness (QED) is 0.716. The number of aromatic nitrogens is 2. The summed E-state index contributed by atoms with van der Waals surface area (Å²) in [4.78, 5) is 8.06. The molecule has 0 saturated heterocycles. The first-order valence-electron chi connectivity index (χ1n) is 5.52. The van der Waals surface area contributed by atoms with E-state index in [0.29, 0.717) is 19.1 Å². The zero-order valence-electron chi connectivity index (χ0n) is 10.1. The topological polar surface area (TPSA) is 56.3 Å². The molecule has 1 rings (SSSR count). The van der Waals surface area contributed by atoms with Gasteiger partial charge in [0.15, 0.2) is 0 Å². The van der Waals surface area contributed by atoms with E-state index in [4.69, 9.17) is 9.47 Å². The van der Waals surface area contributed by atoms with Crippen LogP contribution in [0, 0.1) is 0 Å². The Hall–Kier alpha value is -1.36. The minimum absolute atomic E-state index is 0.256. The van der Waals surface area contributed by atoms with Gasteiger partial charge in [-0.1, -0.05) is 0 Å². The van der Waals surface area contributed by atoms with Gasteiger partial charge in [-0.15, -0.1) is 0 Å². The summed E-state index contributed by atoms with van der Waals surface area (Å²) in [6.07, 6.45) is 1.74. The molecule has 1 aromatic rings. The Kier molecular flexibility index (Phi) is 5.56. The third-order valence-corrected chi connectivity index (χ3v) is 1.79. The van der Waals surface area contributed by atoms with Crippen molar-refractivity contribution in [2.45, 2.75) is 26.9 Å². The van der Waals surface area contributed by atoms with Crippen LogP contribution < -0.4 is 10.1 Å². The number of rotatable bonds is 7. The summed E-state index contributed by atoms with van der Waals surface area (Å²) < 4.78 is 10.7. The van der Waals surface area contributed by atoms with Gasteiger partial charge in [0, 0.05) is 12.6 Å². The van der Waals surface area contributed by atoms with Crippen LogP contribution in [0.15, 0.2) is 12.4 Å². The van der Waals surface area contributed by atoms with E-state index in [0.717, 1.165) is 12.4 Å². The van der Waals surface area contributed by atoms with E-state index in [2.05, 4.69) is 15.3 Å². The molecule has 0 atom stereocenters. The van der Waals surface area contributed by atoms with Gasteiger partial charge in [0.2, 0.25) is 5.88 Å². The van der Waals surface area contributed by atoms with Gasteiger partial charge in [-0.05, 0) is 20.8 Å². The fourth-order valence-corrected chi connectivity index (χ4v) is 1.14. The molecule has 1 aromatic heterocycles. The largest absolute Gasteiger partial charge is 0.478 e. The molecule has 0 radical (unpaired) electrons. The lowest BCUT2D eigenvalue weighted by Crippen LogP contribution is -2.13. The lowest BCUT2D eigenvalue weighted by molar-refractivity contribution is 0.0870. The second-order valence-electron chi connectivity index (χ2n) is 3.52. The van der Waals surface area contributed by atoms with E-state index >= 15 is 0 Å². The normalized spacial score (nSPS) is 10.5. The first kappa shape index (κ1) is 12.7. The molecular formula is C11H19N3O2. The summed E-state index contributed by atoms with van der Waals surface area (Å²) in [7, 11) is 0. The predicted octanol–water partition coefficient (Wildman–Crippen LogP) is 1.71. The van der Waals surface area contributed by atoms with Crippen molar-refractivity contribution in [2.75, 3.05) is 25.1 Å². The molecule has 0 saturated carbocycles. The summed E-state index contributed by atoms with van der Waals surface area (Å²) in [5.74, 6) is 1.34. The molecule has 0 aliphatic carbocycles. The van der Waals surface area contributed by atoms with E-state index in [1.807, 2.05) is 20.8 Å². The number of hydrogen-bond donors (Lipinski definition) is 1. The number of hydrogen-bond acceptors (Lipinski definition) is 5. The van der Waals surface area contributed by atoms with E-state index in [-0.39, 0.29) is 6.10 Å². The van der Waals surface area contributed by atoms with Gasteiger partial charge in [-0.3, -0.25) is 0 Å². The van der Waals surface area contributed by atoms with Gasteiger partial charge in [-0.25, -0.2) is 9.97 Å². The maximum atomic E-state index is 5.40. The molecular weight excluding hydrogens is 206 g/mol. The van der Waals surface area contributed by atoms with Crippen LogP contribution in [0.1, 0.15) is 20.8 Å². The highest BCUT2D eigenvalue weighted by Crippen LogP contribution is 2.10. The van der Waals surface area contributed by atoms with Crippen LogP contribution in [0.2, 0.25) is 0 Å². The zero-order valence-corrected chi connectivity index (χ0v) is 10.1. The smallest absolute Gasteiger partial charge is 0.218 e. The molecule has 90 valence electrons. The van der Waals surface area contributed by atoms with Crippen LogP contribution in [-0.4, -0.2) is 35.8 Å². The molecule has 5 heteroatoms. The van der Waals surface area contributed by atoms with Crippen molar-refractivity contribution < 1.29 is 9.47 Å². The number of ether oxygens (including phenoxy) is 2. The first-order chi connectivity index (χ1) is 7.72. The lowest BCUT2D eigenvalue weighted by Gasteiger charge is -2.09. The van der Waals surface area contributed by atoms with Gasteiger partial charge < -0.3 is 14.8 Å². The van der Waals surface area contributed by atoms with Gasteiger partial charge in [0.1, 0.15) is 12.1 Å². The Morgan fingerprint density at radius 3 is 2.88 bits per heavy atom. The molecule has 0 aliphatic rings. The molecule has 5 nitrogen and oxygen atoms in total. The molecule has 0 amide bonds. The van der Waals surface area contributed by atoms with Crippen molar-refractivity contribution in [3.63, 3.8) is 0 Å². The minimum Gasteiger partial charge on any atom is -0.478 e. The van der Waals surface area contributed by atoms with Crippen molar-refractivity contribution in [1.29, 1.82) is 0 Å². The second-order valence-corrected chi connectivity index (χ2v) is 3.52. The highest BCUT2D eigenvalue weighted by Gasteiger charge is 1.98. The summed E-state index contributed by atoms with van der Waals surface area (Å²) in [5, 5.41) is 3.14. The van der Waals surface area contributed by atoms with E-state index in [9.17, 15) is 0 Å². The molecule has 16 heavy (non-hydrogen) atoms.